The van der Waals surface area contributed by atoms with E-state index < -0.39 is 69.5 Å². The third-order valence-corrected chi connectivity index (χ3v) is 37.6. The predicted molar refractivity (Wildman–Crippen MR) is 581 cm³/mol. The second-order valence-electron chi connectivity index (χ2n) is 46.4. The van der Waals surface area contributed by atoms with Crippen molar-refractivity contribution >= 4 is 122 Å². The number of aliphatic hydroxyl groups excluding tert-OH is 4. The number of hydrogen-bond acceptors (Lipinski definition) is 20. The van der Waals surface area contributed by atoms with Crippen molar-refractivity contribution < 1.29 is 68.1 Å². The number of anilines is 3. The van der Waals surface area contributed by atoms with E-state index in [1.54, 1.807) is 30.7 Å². The Morgan fingerprint density at radius 1 is 0.447 bits per heavy atom. The van der Waals surface area contributed by atoms with Crippen molar-refractivity contribution in [1.82, 2.24) is 30.1 Å². The number of amides is 4. The third-order valence-electron chi connectivity index (χ3n) is 36.3. The molecule has 150 heavy (non-hydrogen) atoms. The molecule has 30 heteroatoms. The van der Waals surface area contributed by atoms with Crippen LogP contribution in [-0.2, 0) is 64.0 Å². The predicted octanol–water partition coefficient (Wildman–Crippen LogP) is 22.1. The summed E-state index contributed by atoms with van der Waals surface area (Å²) < 4.78 is 23.5. The summed E-state index contributed by atoms with van der Waals surface area (Å²) in [5, 5.41) is 56.3. The zero-order valence-corrected chi connectivity index (χ0v) is 90.0. The number of halogens is 6. The largest absolute Gasteiger partial charge is 0.454 e. The highest BCUT2D eigenvalue weighted by Crippen LogP contribution is 2.76. The molecule has 0 radical (unpaired) electrons. The fraction of sp³-hybridized carbons (Fsp3) is 0.475. The standard InChI is InChI=1S/C44H48Cl2N4O5.C38H35Cl2N3O3.C32H38Cl2N2O4.C6H13NO2/c1-42(2)18-20-43(21-19-42)44(33-16-13-30(45)24-34(33)49-41(44)54)36(29-17-22-47-35(46)23-29)38(40(53)48-31-14-15-32(25-51)55-26-31)50(43)37(27-9-5-3-6-10-27)39(52)28-11-7-4-8-12-28;1-36(2)16-18-37(19-17-36)38(27-14-13-26(39)22-28(27)42-35(38)45)30(25-15-20-41-29(40)21-25)32-34(44)46-33(24-11-7-4-8-12-24)31(43(32)37)23-9-5-3-6-10-23;1-30(2)8-10-31(11-9-30)16-23(26(38)13-19-3-5-22(17-37)40-18-19)28(20-7-12-35-27(34)14-20)32(31)24-6-4-21(33)15-25(24)36-29(32)39;7-5-1-2-6(3-8)9-4-5/h3-13,16-17,22-24,31-32,36-39,51-52H,14-15,18-21,25-26H2,1-2H3,(H,48,53)(H,49,54);3-15,20-22,30-33H,16-19H2,1-2H3,(H,42,45);4,6-7,12,14-15,19,22-23,28,37H,3,5,8-11,13,16-18H2,1-2H3,(H,36,39);5-6,8H,1-4,7H2/t31-,32+,36+,37-,38-,39+,44?;30-,31+,32+,33-,38-;19-,22-,23-,28-,32+;5-,6+/m1001/s1. The molecule has 0 bridgehead atoms. The van der Waals surface area contributed by atoms with Gasteiger partial charge < -0.3 is 66.4 Å². The van der Waals surface area contributed by atoms with Crippen molar-refractivity contribution in [3.05, 3.63) is 317 Å². The molecular formula is C120H134Cl6N10O14. The summed E-state index contributed by atoms with van der Waals surface area (Å²) in [6.45, 7) is 15.1. The SMILES string of the molecule is CC1(C)CCC2(CC1)C[C@@H](C(=O)C[C@@H]1CC[C@@H](CO)OC1)[C@H](c1ccnc(Cl)c1)[C@]21C(=O)Nc2cc(Cl)ccc21.CC1(C)CCC2(CC1)N([C@H](c1ccccc1)[C@@H](O)c1ccccc1)[C@@H](C(=O)N[C@@H]1CC[C@@H](CO)OC1)[C@H](c1ccnc(Cl)c1)C21C(=O)Nc2cc(Cl)ccc21.CC1(C)CCC2(CC1)N1[C@H](c3ccccc3)[C@H](c3ccccc3)OC(=O)[C@H]1[C@H](c1ccnc(Cl)c1)[C@@]21C(=O)Nc2cc(Cl)ccc21.N[C@@H]1CC[C@@H](CO)OC1. The van der Waals surface area contributed by atoms with Gasteiger partial charge in [0, 0.05) is 97.9 Å². The molecule has 13 aliphatic rings. The zero-order chi connectivity index (χ0) is 105. The van der Waals surface area contributed by atoms with Crippen molar-refractivity contribution in [2.24, 2.45) is 39.2 Å². The zero-order valence-electron chi connectivity index (χ0n) is 85.5. The van der Waals surface area contributed by atoms with E-state index in [2.05, 4.69) is 99.7 Å². The minimum atomic E-state index is -1.33. The number of fused-ring (bicyclic) bond motifs is 11. The first-order valence-electron chi connectivity index (χ1n) is 53.2. The number of morpholine rings is 1. The van der Waals surface area contributed by atoms with Crippen LogP contribution in [0.5, 0.6) is 0 Å². The Hall–Kier alpha value is -9.65. The average Bonchev–Trinajstić information content (AvgIpc) is 1.48. The fourth-order valence-electron chi connectivity index (χ4n) is 29.0. The van der Waals surface area contributed by atoms with Crippen molar-refractivity contribution in [3.8, 4) is 0 Å². The lowest BCUT2D eigenvalue weighted by atomic mass is 9.51. The van der Waals surface area contributed by atoms with Crippen LogP contribution in [0.15, 0.2) is 231 Å². The number of nitrogens with two attached hydrogens (primary N) is 1. The van der Waals surface area contributed by atoms with Gasteiger partial charge in [-0.1, -0.05) is 251 Å². The second-order valence-corrected chi connectivity index (χ2v) is 48.8. The molecule has 1 unspecified atom stereocenters. The van der Waals surface area contributed by atoms with Gasteiger partial charge in [0.2, 0.25) is 23.6 Å². The number of Topliss-reactive ketones (excluding diaryl/α,β-unsaturated/α-hetero) is 1. The van der Waals surface area contributed by atoms with Crippen molar-refractivity contribution in [3.63, 3.8) is 0 Å². The highest BCUT2D eigenvalue weighted by atomic mass is 35.5. The van der Waals surface area contributed by atoms with E-state index in [1.165, 1.54) is 0 Å². The van der Waals surface area contributed by atoms with Gasteiger partial charge in [-0.15, -0.1) is 0 Å². The molecule has 6 saturated heterocycles. The minimum absolute atomic E-state index is 0.00803. The molecule has 12 heterocycles. The number of aromatic nitrogens is 3. The Morgan fingerprint density at radius 2 is 0.867 bits per heavy atom. The second kappa shape index (κ2) is 43.2. The van der Waals surface area contributed by atoms with E-state index in [0.29, 0.717) is 99.6 Å². The quantitative estimate of drug-likeness (QED) is 0.0302. The van der Waals surface area contributed by atoms with Gasteiger partial charge >= 0.3 is 5.97 Å². The van der Waals surface area contributed by atoms with Crippen molar-refractivity contribution in [2.45, 2.75) is 282 Å². The molecule has 4 saturated carbocycles. The Morgan fingerprint density at radius 3 is 1.33 bits per heavy atom. The number of esters is 1. The van der Waals surface area contributed by atoms with Gasteiger partial charge in [0.15, 0.2) is 0 Å². The Labute approximate surface area is 907 Å². The van der Waals surface area contributed by atoms with Gasteiger partial charge in [-0.2, -0.15) is 0 Å². The summed E-state index contributed by atoms with van der Waals surface area (Å²) in [6.07, 6.45) is 18.4. The first kappa shape index (κ1) is 107. The number of cyclic esters (lactones) is 1. The summed E-state index contributed by atoms with van der Waals surface area (Å²) in [5.41, 5.74) is 10.8. The lowest BCUT2D eigenvalue weighted by Crippen LogP contribution is -2.64. The molecule has 3 aromatic heterocycles. The van der Waals surface area contributed by atoms with E-state index in [1.807, 2.05) is 188 Å². The van der Waals surface area contributed by atoms with Crippen molar-refractivity contribution in [1.29, 1.82) is 0 Å². The monoisotopic (exact) mass is 2150 g/mol. The molecule has 24 nitrogen and oxygen atoms in total. The number of benzene rings is 7. The molecule has 4 amide bonds. The number of hydrogen-bond donors (Lipinski definition) is 9. The van der Waals surface area contributed by atoms with Crippen LogP contribution in [0.1, 0.15) is 268 Å². The maximum absolute atomic E-state index is 15.7. The molecule has 7 aromatic carbocycles. The number of ketones is 1. The van der Waals surface area contributed by atoms with Gasteiger partial charge in [0.25, 0.3) is 0 Å². The number of aliphatic hydroxyl groups is 4. The molecule has 9 aliphatic heterocycles. The number of carbonyl (C=O) groups excluding carboxylic acids is 6. The maximum Gasteiger partial charge on any atom is 0.324 e. The summed E-state index contributed by atoms with van der Waals surface area (Å²) in [6, 6.07) is 64.8. The number of pyridine rings is 3. The number of rotatable bonds is 17. The van der Waals surface area contributed by atoms with Crippen LogP contribution in [0.3, 0.4) is 0 Å². The first-order valence-corrected chi connectivity index (χ1v) is 55.4. The Balaban J connectivity index is 0.000000132. The summed E-state index contributed by atoms with van der Waals surface area (Å²) in [4.78, 5) is 108. The van der Waals surface area contributed by atoms with E-state index >= 15 is 14.4 Å². The van der Waals surface area contributed by atoms with Crippen LogP contribution in [0.4, 0.5) is 17.1 Å². The summed E-state index contributed by atoms with van der Waals surface area (Å²) in [5.74, 6) is -2.79. The van der Waals surface area contributed by atoms with Crippen molar-refractivity contribution in [2.75, 3.05) is 55.6 Å². The number of carbonyl (C=O) groups is 6. The molecule has 790 valence electrons. The molecular weight excluding hydrogens is 2020 g/mol. The Kier molecular flexibility index (Phi) is 30.9. The molecule has 10 aromatic rings. The number of nitrogens with one attached hydrogen (secondary N) is 4. The molecule has 10 N–H and O–H groups in total. The van der Waals surface area contributed by atoms with Crippen LogP contribution in [0.2, 0.25) is 30.5 Å². The molecule has 4 aliphatic carbocycles. The molecule has 19 atom stereocenters. The average molecular weight is 2150 g/mol. The number of nitrogens with zero attached hydrogens (tertiary/aromatic N) is 5. The van der Waals surface area contributed by atoms with Gasteiger partial charge in [0.1, 0.15) is 44.2 Å². The van der Waals surface area contributed by atoms with Crippen LogP contribution < -0.4 is 27.0 Å². The topological polar surface area (TPSA) is 340 Å². The van der Waals surface area contributed by atoms with Crippen LogP contribution >= 0.6 is 69.6 Å². The first-order chi connectivity index (χ1) is 72.1. The normalized spacial score (nSPS) is 30.1. The molecule has 10 fully saturated rings. The molecule has 6 spiro atoms. The highest BCUT2D eigenvalue weighted by molar-refractivity contribution is 6.33. The fourth-order valence-corrected chi connectivity index (χ4v) is 30.1. The lowest BCUT2D eigenvalue weighted by Gasteiger charge is -2.57. The highest BCUT2D eigenvalue weighted by Gasteiger charge is 2.81. The third kappa shape index (κ3) is 19.3. The van der Waals surface area contributed by atoms with Crippen LogP contribution in [0, 0.1) is 33.5 Å². The van der Waals surface area contributed by atoms with Gasteiger partial charge in [-0.05, 0) is 278 Å². The van der Waals surface area contributed by atoms with E-state index in [-0.39, 0.29) is 143 Å². The maximum atomic E-state index is 15.7. The van der Waals surface area contributed by atoms with Crippen LogP contribution in [0.25, 0.3) is 0 Å². The summed E-state index contributed by atoms with van der Waals surface area (Å²) in [7, 11) is 0. The summed E-state index contributed by atoms with van der Waals surface area (Å²) >= 11 is 39.3. The van der Waals surface area contributed by atoms with E-state index in [0.717, 1.165) is 140 Å². The Bertz CT molecular complexity index is 6610. The van der Waals surface area contributed by atoms with Crippen LogP contribution in [-0.4, -0.2) is 174 Å². The van der Waals surface area contributed by atoms with Gasteiger partial charge in [0.05, 0.1) is 93.6 Å². The number of likely N-dealkylation sites (tertiary alicyclic amines) is 1. The minimum Gasteiger partial charge on any atom is -0.454 e. The number of ether oxygens (including phenoxy) is 4. The van der Waals surface area contributed by atoms with Gasteiger partial charge in [-0.3, -0.25) is 38.6 Å². The van der Waals surface area contributed by atoms with Gasteiger partial charge in [-0.25, -0.2) is 15.0 Å². The smallest absolute Gasteiger partial charge is 0.324 e. The van der Waals surface area contributed by atoms with E-state index in [9.17, 15) is 29.7 Å². The van der Waals surface area contributed by atoms with E-state index in [4.69, 9.17) is 99.4 Å². The lowest BCUT2D eigenvalue weighted by molar-refractivity contribution is -0.184. The molecule has 23 rings (SSSR count).